The molecule has 0 spiro atoms. The van der Waals surface area contributed by atoms with E-state index in [0.717, 1.165) is 0 Å². The van der Waals surface area contributed by atoms with Gasteiger partial charge in [-0.1, -0.05) is 30.3 Å². The molecule has 4 aromatic rings. The SMILES string of the molecule is COc1nc(N)c2ncn([C@@H]3O[C@H](COC(Cc4ccccc4)(C(=O)O)c4nnn[nH]4)[C@@H](O)[C@H]3O)c2n1. The first-order valence-electron chi connectivity index (χ1n) is 11.0. The molecule has 16 nitrogen and oxygen atoms in total. The number of carboxylic acid groups (broad SMARTS) is 1. The topological polar surface area (TPSA) is 230 Å². The number of fused-ring (bicyclic) bond motifs is 1. The average Bonchev–Trinajstić information content (AvgIpc) is 3.64. The maximum absolute atomic E-state index is 12.5. The molecule has 1 unspecified atom stereocenters. The number of nitrogens with two attached hydrogens (primary N) is 1. The smallest absolute Gasteiger partial charge is 0.344 e. The van der Waals surface area contributed by atoms with Crippen LogP contribution in [0.15, 0.2) is 36.7 Å². The second kappa shape index (κ2) is 9.66. The molecular weight excluding hydrogens is 490 g/mol. The van der Waals surface area contributed by atoms with Crippen LogP contribution in [-0.4, -0.2) is 93.5 Å². The van der Waals surface area contributed by atoms with Gasteiger partial charge in [0.25, 0.3) is 0 Å². The third kappa shape index (κ3) is 4.31. The number of aliphatic hydroxyl groups is 2. The van der Waals surface area contributed by atoms with Gasteiger partial charge in [-0.15, -0.1) is 5.10 Å². The first kappa shape index (κ1) is 24.4. The highest BCUT2D eigenvalue weighted by Gasteiger charge is 2.50. The van der Waals surface area contributed by atoms with E-state index in [-0.39, 0.29) is 35.2 Å². The summed E-state index contributed by atoms with van der Waals surface area (Å²) in [6.45, 7) is -0.429. The second-order valence-electron chi connectivity index (χ2n) is 8.32. The van der Waals surface area contributed by atoms with E-state index < -0.39 is 42.7 Å². The highest BCUT2D eigenvalue weighted by Crippen LogP contribution is 2.35. The van der Waals surface area contributed by atoms with Crippen molar-refractivity contribution in [1.82, 2.24) is 40.1 Å². The molecule has 5 rings (SSSR count). The molecule has 0 saturated carbocycles. The molecule has 1 saturated heterocycles. The molecule has 6 N–H and O–H groups in total. The van der Waals surface area contributed by atoms with E-state index in [1.165, 1.54) is 18.0 Å². The van der Waals surface area contributed by atoms with E-state index in [2.05, 4.69) is 35.6 Å². The van der Waals surface area contributed by atoms with E-state index in [4.69, 9.17) is 19.9 Å². The Labute approximate surface area is 208 Å². The van der Waals surface area contributed by atoms with Crippen molar-refractivity contribution in [2.24, 2.45) is 0 Å². The first-order chi connectivity index (χ1) is 17.8. The largest absolute Gasteiger partial charge is 0.479 e. The number of imidazole rings is 1. The Morgan fingerprint density at radius 3 is 2.70 bits per heavy atom. The predicted octanol–water partition coefficient (Wildman–Crippen LogP) is -1.21. The number of nitrogens with one attached hydrogen (secondary N) is 1. The molecule has 1 aliphatic heterocycles. The molecule has 194 valence electrons. The standard InChI is InChI=1S/C21H23N9O7/c1-35-20-24-15(22)12-16(25-20)30(9-23-12)17-14(32)13(31)11(37-17)8-36-21(19(33)34,18-26-28-29-27-18)7-10-5-3-2-4-6-10/h2-6,9,11,13-14,17,31-32H,7-8H2,1H3,(H,33,34)(H2,22,24,25)(H,26,27,28,29)/t11-,13-,14-,17-,21?/m1/s1. The molecule has 16 heteroatoms. The number of aromatic nitrogens is 8. The number of carbonyl (C=O) groups is 1. The van der Waals surface area contributed by atoms with Crippen molar-refractivity contribution < 1.29 is 34.3 Å². The van der Waals surface area contributed by atoms with Crippen LogP contribution in [0.3, 0.4) is 0 Å². The normalized spacial score (nSPS) is 23.2. The van der Waals surface area contributed by atoms with Gasteiger partial charge < -0.3 is 35.3 Å². The lowest BCUT2D eigenvalue weighted by molar-refractivity contribution is -0.177. The number of nitrogens with zero attached hydrogens (tertiary/aromatic N) is 7. The highest BCUT2D eigenvalue weighted by atomic mass is 16.6. The second-order valence-corrected chi connectivity index (χ2v) is 8.32. The summed E-state index contributed by atoms with van der Waals surface area (Å²) in [6, 6.07) is 8.75. The number of carboxylic acids is 1. The number of benzene rings is 1. The monoisotopic (exact) mass is 513 g/mol. The fraction of sp³-hybridized carbons (Fsp3) is 0.381. The Balaban J connectivity index is 1.42. The summed E-state index contributed by atoms with van der Waals surface area (Å²) in [6.07, 6.45) is -3.96. The van der Waals surface area contributed by atoms with Gasteiger partial charge in [-0.25, -0.2) is 14.9 Å². The van der Waals surface area contributed by atoms with Crippen LogP contribution in [0.4, 0.5) is 5.82 Å². The van der Waals surface area contributed by atoms with Crippen LogP contribution in [0.2, 0.25) is 0 Å². The molecule has 1 fully saturated rings. The lowest BCUT2D eigenvalue weighted by atomic mass is 9.93. The van der Waals surface area contributed by atoms with E-state index >= 15 is 0 Å². The van der Waals surface area contributed by atoms with Crippen molar-refractivity contribution in [3.63, 3.8) is 0 Å². The van der Waals surface area contributed by atoms with Crippen LogP contribution in [-0.2, 0) is 26.3 Å². The number of anilines is 1. The number of hydrogen-bond acceptors (Lipinski definition) is 13. The summed E-state index contributed by atoms with van der Waals surface area (Å²) < 4.78 is 18.2. The zero-order valence-electron chi connectivity index (χ0n) is 19.4. The maximum atomic E-state index is 12.5. The summed E-state index contributed by atoms with van der Waals surface area (Å²) in [7, 11) is 1.37. The third-order valence-corrected chi connectivity index (χ3v) is 6.09. The van der Waals surface area contributed by atoms with Crippen LogP contribution in [0.1, 0.15) is 17.6 Å². The van der Waals surface area contributed by atoms with Crippen molar-refractivity contribution in [2.45, 2.75) is 36.6 Å². The fourth-order valence-electron chi connectivity index (χ4n) is 4.17. The summed E-state index contributed by atoms with van der Waals surface area (Å²) in [5.41, 5.74) is 4.97. The van der Waals surface area contributed by atoms with E-state index in [1.54, 1.807) is 30.3 Å². The van der Waals surface area contributed by atoms with E-state index in [1.807, 2.05) is 0 Å². The Morgan fingerprint density at radius 2 is 2.03 bits per heavy atom. The fourth-order valence-corrected chi connectivity index (χ4v) is 4.17. The molecule has 1 aliphatic rings. The maximum Gasteiger partial charge on any atom is 0.344 e. The van der Waals surface area contributed by atoms with Crippen molar-refractivity contribution in [3.05, 3.63) is 48.0 Å². The molecule has 3 aromatic heterocycles. The Hall–Kier alpha value is -4.25. The van der Waals surface area contributed by atoms with Gasteiger partial charge in [0, 0.05) is 6.42 Å². The number of methoxy groups -OCH3 is 1. The summed E-state index contributed by atoms with van der Waals surface area (Å²) in [5.74, 6) is -1.45. The molecule has 0 aliphatic carbocycles. The van der Waals surface area contributed by atoms with Crippen LogP contribution in [0.5, 0.6) is 6.01 Å². The van der Waals surface area contributed by atoms with Gasteiger partial charge in [0.1, 0.15) is 18.3 Å². The van der Waals surface area contributed by atoms with Gasteiger partial charge >= 0.3 is 12.0 Å². The van der Waals surface area contributed by atoms with Crippen molar-refractivity contribution >= 4 is 23.0 Å². The molecule has 0 radical (unpaired) electrons. The van der Waals surface area contributed by atoms with Gasteiger partial charge in [-0.3, -0.25) is 4.57 Å². The number of ether oxygens (including phenoxy) is 3. The van der Waals surface area contributed by atoms with Crippen molar-refractivity contribution in [2.75, 3.05) is 19.5 Å². The van der Waals surface area contributed by atoms with Gasteiger partial charge in [-0.2, -0.15) is 9.97 Å². The molecule has 0 bridgehead atoms. The molecule has 0 amide bonds. The number of nitrogen functional groups attached to an aromatic ring is 1. The summed E-state index contributed by atoms with van der Waals surface area (Å²) in [4.78, 5) is 24.9. The first-order valence-corrected chi connectivity index (χ1v) is 11.0. The average molecular weight is 513 g/mol. The summed E-state index contributed by atoms with van der Waals surface area (Å²) >= 11 is 0. The van der Waals surface area contributed by atoms with Crippen LogP contribution in [0.25, 0.3) is 11.2 Å². The van der Waals surface area contributed by atoms with Crippen molar-refractivity contribution in [1.29, 1.82) is 0 Å². The van der Waals surface area contributed by atoms with Gasteiger partial charge in [-0.05, 0) is 16.0 Å². The van der Waals surface area contributed by atoms with Gasteiger partial charge in [0.2, 0.25) is 5.60 Å². The van der Waals surface area contributed by atoms with Crippen LogP contribution in [0, 0.1) is 0 Å². The Morgan fingerprint density at radius 1 is 1.24 bits per heavy atom. The minimum Gasteiger partial charge on any atom is -0.479 e. The number of aliphatic hydroxyl groups excluding tert-OH is 2. The highest BCUT2D eigenvalue weighted by molar-refractivity contribution is 5.82. The number of tetrazole rings is 1. The zero-order valence-corrected chi connectivity index (χ0v) is 19.4. The molecule has 4 heterocycles. The molecule has 37 heavy (non-hydrogen) atoms. The molecular formula is C21H23N9O7. The number of hydrogen-bond donors (Lipinski definition) is 5. The zero-order chi connectivity index (χ0) is 26.2. The molecule has 1 aromatic carbocycles. The number of aromatic amines is 1. The van der Waals surface area contributed by atoms with E-state index in [9.17, 15) is 20.1 Å². The predicted molar refractivity (Wildman–Crippen MR) is 122 cm³/mol. The third-order valence-electron chi connectivity index (χ3n) is 6.09. The van der Waals surface area contributed by atoms with Gasteiger partial charge in [0.05, 0.1) is 20.0 Å². The quantitative estimate of drug-likeness (QED) is 0.177. The minimum absolute atomic E-state index is 0.0208. The Kier molecular flexibility index (Phi) is 6.38. The van der Waals surface area contributed by atoms with Crippen molar-refractivity contribution in [3.8, 4) is 6.01 Å². The number of rotatable bonds is 9. The number of aliphatic carboxylic acids is 1. The molecule has 5 atom stereocenters. The van der Waals surface area contributed by atoms with Crippen LogP contribution < -0.4 is 10.5 Å². The van der Waals surface area contributed by atoms with Crippen LogP contribution >= 0.6 is 0 Å². The minimum atomic E-state index is -2.03. The summed E-state index contributed by atoms with van der Waals surface area (Å²) in [5, 5.41) is 44.9. The van der Waals surface area contributed by atoms with E-state index in [0.29, 0.717) is 5.56 Å². The lowest BCUT2D eigenvalue weighted by Crippen LogP contribution is -2.45. The number of H-pyrrole nitrogens is 1. The lowest BCUT2D eigenvalue weighted by Gasteiger charge is -2.29. The Bertz CT molecular complexity index is 1380. The van der Waals surface area contributed by atoms with Gasteiger partial charge in [0.15, 0.2) is 29.0 Å².